The molecule has 0 bridgehead atoms. The summed E-state index contributed by atoms with van der Waals surface area (Å²) in [5.41, 5.74) is 1.63. The van der Waals surface area contributed by atoms with Crippen LogP contribution in [0.5, 0.6) is 0 Å². The van der Waals surface area contributed by atoms with E-state index >= 15 is 0 Å². The summed E-state index contributed by atoms with van der Waals surface area (Å²) in [4.78, 5) is 12.2. The van der Waals surface area contributed by atoms with Gasteiger partial charge < -0.3 is 15.5 Å². The molecule has 0 aliphatic rings. The molecule has 0 saturated carbocycles. The van der Waals surface area contributed by atoms with E-state index in [4.69, 9.17) is 0 Å². The number of hydrogen-bond donors (Lipinski definition) is 3. The van der Waals surface area contributed by atoms with Gasteiger partial charge >= 0.3 is 0 Å². The van der Waals surface area contributed by atoms with Crippen LogP contribution in [0.1, 0.15) is 87.1 Å². The number of aliphatic hydroxyl groups excluding tert-OH is 2. The zero-order chi connectivity index (χ0) is 19.2. The van der Waals surface area contributed by atoms with Crippen molar-refractivity contribution in [3.63, 3.8) is 0 Å². The van der Waals surface area contributed by atoms with Crippen molar-refractivity contribution in [2.45, 2.75) is 90.2 Å². The lowest BCUT2D eigenvalue weighted by Crippen LogP contribution is -2.45. The molecule has 1 aromatic rings. The molecule has 148 valence electrons. The van der Waals surface area contributed by atoms with Crippen LogP contribution in [0.25, 0.3) is 0 Å². The van der Waals surface area contributed by atoms with E-state index < -0.39 is 12.1 Å². The molecule has 0 fully saturated rings. The van der Waals surface area contributed by atoms with Crippen LogP contribution < -0.4 is 5.32 Å². The molecule has 0 heterocycles. The van der Waals surface area contributed by atoms with E-state index in [9.17, 15) is 15.0 Å². The number of aliphatic hydroxyl groups is 2. The first kappa shape index (κ1) is 22.7. The van der Waals surface area contributed by atoms with Gasteiger partial charge in [-0.15, -0.1) is 0 Å². The van der Waals surface area contributed by atoms with Gasteiger partial charge in [0, 0.05) is 5.56 Å². The van der Waals surface area contributed by atoms with Gasteiger partial charge in [0.2, 0.25) is 0 Å². The van der Waals surface area contributed by atoms with Crippen molar-refractivity contribution in [2.24, 2.45) is 0 Å². The maximum Gasteiger partial charge on any atom is 0.251 e. The Hall–Kier alpha value is -1.39. The third kappa shape index (κ3) is 9.35. The number of unbranched alkanes of at least 4 members (excludes halogenated alkanes) is 8. The molecule has 2 atom stereocenters. The molecular formula is C22H37NO3. The van der Waals surface area contributed by atoms with E-state index in [-0.39, 0.29) is 12.5 Å². The molecule has 0 aliphatic heterocycles. The lowest BCUT2D eigenvalue weighted by molar-refractivity contribution is 0.0661. The lowest BCUT2D eigenvalue weighted by atomic mass is 10.0. The Morgan fingerprint density at radius 1 is 0.962 bits per heavy atom. The van der Waals surface area contributed by atoms with Crippen LogP contribution in [-0.4, -0.2) is 34.9 Å². The fraction of sp³-hybridized carbons (Fsp3) is 0.682. The van der Waals surface area contributed by atoms with Gasteiger partial charge in [-0.05, 0) is 25.5 Å². The first-order valence-corrected chi connectivity index (χ1v) is 10.2. The zero-order valence-corrected chi connectivity index (χ0v) is 16.5. The molecule has 1 rings (SSSR count). The summed E-state index contributed by atoms with van der Waals surface area (Å²) < 4.78 is 0. The lowest BCUT2D eigenvalue weighted by Gasteiger charge is -2.22. The number of amides is 1. The summed E-state index contributed by atoms with van der Waals surface area (Å²) in [7, 11) is 0. The van der Waals surface area contributed by atoms with Gasteiger partial charge in [-0.3, -0.25) is 4.79 Å². The predicted octanol–water partition coefficient (Wildman–Crippen LogP) is 4.37. The third-order valence-electron chi connectivity index (χ3n) is 4.89. The molecule has 1 aromatic carbocycles. The van der Waals surface area contributed by atoms with E-state index in [2.05, 4.69) is 12.2 Å². The normalized spacial score (nSPS) is 13.4. The highest BCUT2D eigenvalue weighted by atomic mass is 16.3. The standard InChI is InChI=1S/C22H37NO3/c1-3-4-5-6-7-8-9-10-11-12-21(25)20(17-24)23-22(26)19-15-13-18(2)14-16-19/h13-16,20-21,24-25H,3-12,17H2,1-2H3,(H,23,26). The average Bonchev–Trinajstić information content (AvgIpc) is 2.65. The van der Waals surface area contributed by atoms with Crippen molar-refractivity contribution in [3.8, 4) is 0 Å². The minimum absolute atomic E-state index is 0.254. The molecule has 4 nitrogen and oxygen atoms in total. The minimum Gasteiger partial charge on any atom is -0.394 e. The Bertz CT molecular complexity index is 487. The third-order valence-corrected chi connectivity index (χ3v) is 4.89. The first-order chi connectivity index (χ1) is 12.6. The number of carbonyl (C=O) groups is 1. The number of aryl methyl sites for hydroxylation is 1. The number of carbonyl (C=O) groups excluding carboxylic acids is 1. The van der Waals surface area contributed by atoms with Gasteiger partial charge in [0.1, 0.15) is 0 Å². The zero-order valence-electron chi connectivity index (χ0n) is 16.5. The molecule has 0 spiro atoms. The van der Waals surface area contributed by atoms with Crippen LogP contribution in [0.2, 0.25) is 0 Å². The van der Waals surface area contributed by atoms with Gasteiger partial charge in [0.15, 0.2) is 0 Å². The largest absolute Gasteiger partial charge is 0.394 e. The van der Waals surface area contributed by atoms with E-state index in [0.29, 0.717) is 12.0 Å². The van der Waals surface area contributed by atoms with Crippen LogP contribution in [0.3, 0.4) is 0 Å². The van der Waals surface area contributed by atoms with Gasteiger partial charge in [0.05, 0.1) is 18.8 Å². The fourth-order valence-corrected chi connectivity index (χ4v) is 3.09. The molecule has 3 N–H and O–H groups in total. The summed E-state index contributed by atoms with van der Waals surface area (Å²) in [5, 5.41) is 22.5. The highest BCUT2D eigenvalue weighted by molar-refractivity contribution is 5.94. The summed E-state index contributed by atoms with van der Waals surface area (Å²) >= 11 is 0. The molecule has 0 aromatic heterocycles. The average molecular weight is 364 g/mol. The fourth-order valence-electron chi connectivity index (χ4n) is 3.09. The second-order valence-electron chi connectivity index (χ2n) is 7.31. The van der Waals surface area contributed by atoms with Crippen LogP contribution in [0.4, 0.5) is 0 Å². The molecule has 0 radical (unpaired) electrons. The van der Waals surface area contributed by atoms with Crippen LogP contribution in [0.15, 0.2) is 24.3 Å². The first-order valence-electron chi connectivity index (χ1n) is 10.2. The molecule has 2 unspecified atom stereocenters. The van der Waals surface area contributed by atoms with E-state index in [0.717, 1.165) is 18.4 Å². The van der Waals surface area contributed by atoms with Gasteiger partial charge in [-0.25, -0.2) is 0 Å². The number of hydrogen-bond acceptors (Lipinski definition) is 3. The topological polar surface area (TPSA) is 69.6 Å². The quantitative estimate of drug-likeness (QED) is 0.430. The highest BCUT2D eigenvalue weighted by Crippen LogP contribution is 2.13. The molecule has 0 aliphatic carbocycles. The van der Waals surface area contributed by atoms with Gasteiger partial charge in [-0.2, -0.15) is 0 Å². The van der Waals surface area contributed by atoms with Crippen molar-refractivity contribution in [1.29, 1.82) is 0 Å². The Balaban J connectivity index is 2.21. The Kier molecular flexibility index (Phi) is 12.0. The maximum absolute atomic E-state index is 12.2. The van der Waals surface area contributed by atoms with Crippen molar-refractivity contribution < 1.29 is 15.0 Å². The minimum atomic E-state index is -0.709. The van der Waals surface area contributed by atoms with Gasteiger partial charge in [-0.1, -0.05) is 82.4 Å². The second kappa shape index (κ2) is 13.8. The van der Waals surface area contributed by atoms with Crippen molar-refractivity contribution in [2.75, 3.05) is 6.61 Å². The molecule has 0 saturated heterocycles. The Morgan fingerprint density at radius 3 is 2.04 bits per heavy atom. The monoisotopic (exact) mass is 363 g/mol. The van der Waals surface area contributed by atoms with Crippen LogP contribution in [0, 0.1) is 6.92 Å². The SMILES string of the molecule is CCCCCCCCCCCC(O)C(CO)NC(=O)c1ccc(C)cc1. The Labute approximate surface area is 159 Å². The van der Waals surface area contributed by atoms with Gasteiger partial charge in [0.25, 0.3) is 5.91 Å². The van der Waals surface area contributed by atoms with Crippen LogP contribution >= 0.6 is 0 Å². The molecular weight excluding hydrogens is 326 g/mol. The van der Waals surface area contributed by atoms with E-state index in [1.54, 1.807) is 12.1 Å². The number of nitrogens with one attached hydrogen (secondary N) is 1. The molecule has 26 heavy (non-hydrogen) atoms. The smallest absolute Gasteiger partial charge is 0.251 e. The molecule has 4 heteroatoms. The second-order valence-corrected chi connectivity index (χ2v) is 7.31. The van der Waals surface area contributed by atoms with Crippen molar-refractivity contribution in [1.82, 2.24) is 5.32 Å². The summed E-state index contributed by atoms with van der Waals surface area (Å²) in [6, 6.07) is 6.65. The summed E-state index contributed by atoms with van der Waals surface area (Å²) in [5.74, 6) is -0.254. The van der Waals surface area contributed by atoms with Crippen molar-refractivity contribution >= 4 is 5.91 Å². The number of rotatable bonds is 14. The van der Waals surface area contributed by atoms with E-state index in [1.165, 1.54) is 44.9 Å². The summed E-state index contributed by atoms with van der Waals surface area (Å²) in [6.45, 7) is 3.94. The number of benzene rings is 1. The van der Waals surface area contributed by atoms with Crippen molar-refractivity contribution in [3.05, 3.63) is 35.4 Å². The Morgan fingerprint density at radius 2 is 1.50 bits per heavy atom. The highest BCUT2D eigenvalue weighted by Gasteiger charge is 2.20. The predicted molar refractivity (Wildman–Crippen MR) is 107 cm³/mol. The molecule has 1 amide bonds. The van der Waals surface area contributed by atoms with E-state index in [1.807, 2.05) is 19.1 Å². The summed E-state index contributed by atoms with van der Waals surface area (Å²) in [6.07, 6.45) is 11.0. The maximum atomic E-state index is 12.2. The van der Waals surface area contributed by atoms with Crippen LogP contribution in [-0.2, 0) is 0 Å².